The van der Waals surface area contributed by atoms with E-state index in [-0.39, 0.29) is 0 Å². The molecule has 0 bridgehead atoms. The van der Waals surface area contributed by atoms with E-state index in [1.807, 2.05) is 0 Å². The maximum absolute atomic E-state index is 11.2. The number of piperidine rings is 1. The molecule has 0 radical (unpaired) electrons. The van der Waals surface area contributed by atoms with Crippen LogP contribution in [0.1, 0.15) is 26.2 Å². The molecular formula is C10H15NO. The first kappa shape index (κ1) is 7.99. The number of allylic oxidation sites excluding steroid dienone is 1. The van der Waals surface area contributed by atoms with Gasteiger partial charge in [0.25, 0.3) is 0 Å². The molecule has 1 atom stereocenters. The quantitative estimate of drug-likeness (QED) is 0.505. The van der Waals surface area contributed by atoms with Crippen LogP contribution in [0.15, 0.2) is 11.6 Å². The highest BCUT2D eigenvalue weighted by Crippen LogP contribution is 2.28. The average Bonchev–Trinajstić information content (AvgIpc) is 2.46. The molecule has 2 heterocycles. The minimum absolute atomic E-state index is 0.452. The minimum atomic E-state index is 0.452. The number of carbonyl (C=O) groups is 1. The fraction of sp³-hybridized carbons (Fsp3) is 0.700. The highest BCUT2D eigenvalue weighted by molar-refractivity contribution is 5.80. The van der Waals surface area contributed by atoms with Crippen LogP contribution >= 0.6 is 0 Å². The Morgan fingerprint density at radius 3 is 3.08 bits per heavy atom. The SMILES string of the molecule is C/C=C1\C[C@H]2CC(=O)CCN2C1. The zero-order valence-electron chi connectivity index (χ0n) is 7.55. The molecule has 66 valence electrons. The molecule has 2 aliphatic heterocycles. The maximum Gasteiger partial charge on any atom is 0.135 e. The summed E-state index contributed by atoms with van der Waals surface area (Å²) in [4.78, 5) is 13.6. The summed E-state index contributed by atoms with van der Waals surface area (Å²) in [6.07, 6.45) is 4.88. The summed E-state index contributed by atoms with van der Waals surface area (Å²) in [5.41, 5.74) is 1.51. The maximum atomic E-state index is 11.2. The smallest absolute Gasteiger partial charge is 0.135 e. The first-order valence-electron chi connectivity index (χ1n) is 4.69. The molecule has 12 heavy (non-hydrogen) atoms. The van der Waals surface area contributed by atoms with E-state index in [1.54, 1.807) is 0 Å². The first-order valence-corrected chi connectivity index (χ1v) is 4.69. The number of hydrogen-bond acceptors (Lipinski definition) is 2. The van der Waals surface area contributed by atoms with Crippen molar-refractivity contribution in [3.63, 3.8) is 0 Å². The van der Waals surface area contributed by atoms with Gasteiger partial charge in [0.1, 0.15) is 5.78 Å². The van der Waals surface area contributed by atoms with Crippen LogP contribution < -0.4 is 0 Å². The van der Waals surface area contributed by atoms with Crippen molar-refractivity contribution in [3.05, 3.63) is 11.6 Å². The van der Waals surface area contributed by atoms with E-state index in [9.17, 15) is 4.79 Å². The van der Waals surface area contributed by atoms with Gasteiger partial charge in [0.05, 0.1) is 0 Å². The number of hydrogen-bond donors (Lipinski definition) is 0. The van der Waals surface area contributed by atoms with Gasteiger partial charge < -0.3 is 0 Å². The normalized spacial score (nSPS) is 34.2. The van der Waals surface area contributed by atoms with Crippen molar-refractivity contribution in [2.24, 2.45) is 0 Å². The lowest BCUT2D eigenvalue weighted by Crippen LogP contribution is -2.37. The average molecular weight is 165 g/mol. The molecule has 2 aliphatic rings. The molecule has 0 saturated carbocycles. The lowest BCUT2D eigenvalue weighted by Gasteiger charge is -2.27. The van der Waals surface area contributed by atoms with Gasteiger partial charge in [-0.3, -0.25) is 9.69 Å². The van der Waals surface area contributed by atoms with E-state index >= 15 is 0 Å². The fourth-order valence-electron chi connectivity index (χ4n) is 2.19. The second-order valence-corrected chi connectivity index (χ2v) is 3.77. The van der Waals surface area contributed by atoms with Crippen LogP contribution in [0, 0.1) is 0 Å². The molecule has 2 nitrogen and oxygen atoms in total. The van der Waals surface area contributed by atoms with Gasteiger partial charge in [0.15, 0.2) is 0 Å². The highest BCUT2D eigenvalue weighted by atomic mass is 16.1. The van der Waals surface area contributed by atoms with Crippen molar-refractivity contribution in [1.82, 2.24) is 4.90 Å². The molecule has 0 unspecified atom stereocenters. The van der Waals surface area contributed by atoms with Gasteiger partial charge >= 0.3 is 0 Å². The zero-order chi connectivity index (χ0) is 8.55. The van der Waals surface area contributed by atoms with Gasteiger partial charge in [0, 0.05) is 32.0 Å². The summed E-state index contributed by atoms with van der Waals surface area (Å²) in [6.45, 7) is 4.19. The predicted octanol–water partition coefficient (Wildman–Crippen LogP) is 1.37. The highest BCUT2D eigenvalue weighted by Gasteiger charge is 2.32. The van der Waals surface area contributed by atoms with Crippen LogP contribution in [0.3, 0.4) is 0 Å². The number of ketones is 1. The Bertz CT molecular complexity index is 232. The lowest BCUT2D eigenvalue weighted by atomic mass is 10.0. The van der Waals surface area contributed by atoms with Crippen LogP contribution in [-0.4, -0.2) is 29.8 Å². The number of nitrogens with zero attached hydrogens (tertiary/aromatic N) is 1. The van der Waals surface area contributed by atoms with Crippen LogP contribution in [0.2, 0.25) is 0 Å². The summed E-state index contributed by atoms with van der Waals surface area (Å²) < 4.78 is 0. The van der Waals surface area contributed by atoms with E-state index in [2.05, 4.69) is 17.9 Å². The van der Waals surface area contributed by atoms with Gasteiger partial charge in [0.2, 0.25) is 0 Å². The van der Waals surface area contributed by atoms with E-state index in [4.69, 9.17) is 0 Å². The monoisotopic (exact) mass is 165 g/mol. The van der Waals surface area contributed by atoms with Crippen LogP contribution in [0.4, 0.5) is 0 Å². The van der Waals surface area contributed by atoms with Gasteiger partial charge in [-0.2, -0.15) is 0 Å². The zero-order valence-corrected chi connectivity index (χ0v) is 7.55. The first-order chi connectivity index (χ1) is 5.79. The molecule has 2 heteroatoms. The lowest BCUT2D eigenvalue weighted by molar-refractivity contribution is -0.122. The second kappa shape index (κ2) is 3.02. The summed E-state index contributed by atoms with van der Waals surface area (Å²) in [5, 5.41) is 0. The Labute approximate surface area is 73.2 Å². The Morgan fingerprint density at radius 1 is 1.50 bits per heavy atom. The molecule has 0 amide bonds. The summed E-state index contributed by atoms with van der Waals surface area (Å²) in [7, 11) is 0. The molecule has 0 aromatic carbocycles. The molecule has 0 aromatic rings. The van der Waals surface area contributed by atoms with Crippen molar-refractivity contribution in [2.75, 3.05) is 13.1 Å². The number of carbonyl (C=O) groups excluding carboxylic acids is 1. The Balaban J connectivity index is 2.07. The molecule has 2 rings (SSSR count). The standard InChI is InChI=1S/C10H15NO/c1-2-8-5-9-6-10(12)3-4-11(9)7-8/h2,9H,3-7H2,1H3/b8-2+/t9-/m0/s1. The third-order valence-electron chi connectivity index (χ3n) is 2.97. The largest absolute Gasteiger partial charge is 0.300 e. The molecular weight excluding hydrogens is 150 g/mol. The number of Topliss-reactive ketones (excluding diaryl/α,β-unsaturated/α-hetero) is 1. The summed E-state index contributed by atoms with van der Waals surface area (Å²) in [6, 6.07) is 0.539. The Hall–Kier alpha value is -0.630. The number of rotatable bonds is 0. The van der Waals surface area contributed by atoms with Gasteiger partial charge in [-0.25, -0.2) is 0 Å². The van der Waals surface area contributed by atoms with Crippen molar-refractivity contribution in [1.29, 1.82) is 0 Å². The van der Waals surface area contributed by atoms with Crippen molar-refractivity contribution in [2.45, 2.75) is 32.2 Å². The molecule has 2 fully saturated rings. The van der Waals surface area contributed by atoms with E-state index in [0.717, 1.165) is 32.4 Å². The van der Waals surface area contributed by atoms with Gasteiger partial charge in [-0.05, 0) is 13.3 Å². The molecule has 0 spiro atoms. The van der Waals surface area contributed by atoms with E-state index in [0.29, 0.717) is 11.8 Å². The van der Waals surface area contributed by atoms with Crippen LogP contribution in [0.25, 0.3) is 0 Å². The van der Waals surface area contributed by atoms with Crippen LogP contribution in [-0.2, 0) is 4.79 Å². The van der Waals surface area contributed by atoms with Crippen LogP contribution in [0.5, 0.6) is 0 Å². The Kier molecular flexibility index (Phi) is 2.01. The van der Waals surface area contributed by atoms with Gasteiger partial charge in [-0.1, -0.05) is 11.6 Å². The number of fused-ring (bicyclic) bond motifs is 1. The Morgan fingerprint density at radius 2 is 2.33 bits per heavy atom. The van der Waals surface area contributed by atoms with E-state index in [1.165, 1.54) is 5.57 Å². The van der Waals surface area contributed by atoms with E-state index < -0.39 is 0 Å². The minimum Gasteiger partial charge on any atom is -0.300 e. The fourth-order valence-corrected chi connectivity index (χ4v) is 2.19. The molecule has 0 N–H and O–H groups in total. The summed E-state index contributed by atoms with van der Waals surface area (Å²) >= 11 is 0. The summed E-state index contributed by atoms with van der Waals surface area (Å²) in [5.74, 6) is 0.452. The topological polar surface area (TPSA) is 20.3 Å². The third kappa shape index (κ3) is 1.31. The second-order valence-electron chi connectivity index (χ2n) is 3.77. The third-order valence-corrected chi connectivity index (χ3v) is 2.97. The molecule has 0 aromatic heterocycles. The molecule has 2 saturated heterocycles. The van der Waals surface area contributed by atoms with Crippen molar-refractivity contribution < 1.29 is 4.79 Å². The predicted molar refractivity (Wildman–Crippen MR) is 48.0 cm³/mol. The molecule has 0 aliphatic carbocycles. The van der Waals surface area contributed by atoms with Crippen molar-refractivity contribution >= 4 is 5.78 Å². The van der Waals surface area contributed by atoms with Gasteiger partial charge in [-0.15, -0.1) is 0 Å². The van der Waals surface area contributed by atoms with Crippen molar-refractivity contribution in [3.8, 4) is 0 Å².